The van der Waals surface area contributed by atoms with Crippen LogP contribution in [0.4, 0.5) is 5.69 Å². The molecular formula is C24H16N4O3. The Morgan fingerprint density at radius 1 is 0.903 bits per heavy atom. The fourth-order valence-corrected chi connectivity index (χ4v) is 3.76. The standard InChI is InChI=1S/C24H16N4O3/c1-14(29)15-10-12-16(13-11-15)25-21-22(28-20-9-5-4-8-19(20)26-27-28)24(31)18-7-3-2-6-17(18)23(21)30/h2-13,22H,1H3. The van der Waals surface area contributed by atoms with Crippen molar-refractivity contribution in [2.45, 2.75) is 13.0 Å². The molecule has 31 heavy (non-hydrogen) atoms. The summed E-state index contributed by atoms with van der Waals surface area (Å²) in [4.78, 5) is 43.0. The number of aromatic nitrogens is 3. The maximum atomic E-state index is 13.5. The number of para-hydroxylation sites is 1. The van der Waals surface area contributed by atoms with Gasteiger partial charge in [-0.3, -0.25) is 14.4 Å². The van der Waals surface area contributed by atoms with Gasteiger partial charge in [0.25, 0.3) is 0 Å². The number of carbonyl (C=O) groups is 3. The third-order valence-electron chi connectivity index (χ3n) is 5.32. The summed E-state index contributed by atoms with van der Waals surface area (Å²) in [6, 6.07) is 19.5. The fourth-order valence-electron chi connectivity index (χ4n) is 3.76. The van der Waals surface area contributed by atoms with Gasteiger partial charge in [0, 0.05) is 16.7 Å². The molecule has 7 nitrogen and oxygen atoms in total. The van der Waals surface area contributed by atoms with Crippen molar-refractivity contribution in [3.05, 3.63) is 89.5 Å². The van der Waals surface area contributed by atoms with E-state index >= 15 is 0 Å². The van der Waals surface area contributed by atoms with Gasteiger partial charge < -0.3 is 0 Å². The molecule has 0 saturated heterocycles. The Bertz CT molecular complexity index is 1400. The summed E-state index contributed by atoms with van der Waals surface area (Å²) >= 11 is 0. The number of carbonyl (C=O) groups excluding carboxylic acids is 3. The van der Waals surface area contributed by atoms with Gasteiger partial charge in [0.1, 0.15) is 11.2 Å². The van der Waals surface area contributed by atoms with Crippen LogP contribution in [0.15, 0.2) is 77.8 Å². The maximum Gasteiger partial charge on any atom is 0.210 e. The molecule has 0 fully saturated rings. The van der Waals surface area contributed by atoms with E-state index in [9.17, 15) is 14.4 Å². The third-order valence-corrected chi connectivity index (χ3v) is 5.32. The van der Waals surface area contributed by atoms with Crippen LogP contribution in [-0.4, -0.2) is 38.1 Å². The lowest BCUT2D eigenvalue weighted by Gasteiger charge is -2.24. The van der Waals surface area contributed by atoms with Crippen molar-refractivity contribution in [1.29, 1.82) is 0 Å². The predicted molar refractivity (Wildman–Crippen MR) is 115 cm³/mol. The first-order chi connectivity index (χ1) is 15.0. The molecule has 3 aromatic carbocycles. The highest BCUT2D eigenvalue weighted by molar-refractivity contribution is 6.54. The fraction of sp³-hybridized carbons (Fsp3) is 0.0833. The molecule has 150 valence electrons. The number of aliphatic imine (C=N–C) groups is 1. The van der Waals surface area contributed by atoms with Crippen molar-refractivity contribution in [2.75, 3.05) is 0 Å². The smallest absolute Gasteiger partial charge is 0.210 e. The van der Waals surface area contributed by atoms with Crippen molar-refractivity contribution in [1.82, 2.24) is 15.0 Å². The number of Topliss-reactive ketones (excluding diaryl/α,β-unsaturated/α-hetero) is 3. The van der Waals surface area contributed by atoms with E-state index in [0.717, 1.165) is 0 Å². The minimum atomic E-state index is -1.04. The lowest BCUT2D eigenvalue weighted by molar-refractivity contribution is 0.0919. The largest absolute Gasteiger partial charge is 0.295 e. The second-order valence-corrected chi connectivity index (χ2v) is 7.26. The summed E-state index contributed by atoms with van der Waals surface area (Å²) in [7, 11) is 0. The lowest BCUT2D eigenvalue weighted by Crippen LogP contribution is -2.39. The summed E-state index contributed by atoms with van der Waals surface area (Å²) in [5.74, 6) is -0.676. The zero-order valence-electron chi connectivity index (χ0n) is 16.5. The van der Waals surface area contributed by atoms with E-state index < -0.39 is 6.04 Å². The summed E-state index contributed by atoms with van der Waals surface area (Å²) in [5.41, 5.74) is 2.97. The normalized spacial score (nSPS) is 17.2. The average molecular weight is 408 g/mol. The Hall–Kier alpha value is -4.26. The lowest BCUT2D eigenvalue weighted by atomic mass is 9.84. The van der Waals surface area contributed by atoms with Gasteiger partial charge in [0.05, 0.1) is 11.2 Å². The average Bonchev–Trinajstić information content (AvgIpc) is 3.21. The van der Waals surface area contributed by atoms with Crippen LogP contribution in [0.5, 0.6) is 0 Å². The molecule has 0 saturated carbocycles. The first-order valence-corrected chi connectivity index (χ1v) is 9.72. The van der Waals surface area contributed by atoms with Gasteiger partial charge >= 0.3 is 0 Å². The predicted octanol–water partition coefficient (Wildman–Crippen LogP) is 4.03. The van der Waals surface area contributed by atoms with Gasteiger partial charge in [-0.05, 0) is 43.3 Å². The highest BCUT2D eigenvalue weighted by atomic mass is 16.1. The van der Waals surface area contributed by atoms with Crippen molar-refractivity contribution in [3.8, 4) is 0 Å². The molecule has 1 heterocycles. The number of nitrogens with zero attached hydrogens (tertiary/aromatic N) is 4. The van der Waals surface area contributed by atoms with Gasteiger partial charge in [-0.15, -0.1) is 5.10 Å². The Morgan fingerprint density at radius 3 is 2.32 bits per heavy atom. The number of ketones is 3. The third kappa shape index (κ3) is 3.07. The Morgan fingerprint density at radius 2 is 1.58 bits per heavy atom. The number of fused-ring (bicyclic) bond motifs is 2. The minimum absolute atomic E-state index is 0.0647. The van der Waals surface area contributed by atoms with Crippen molar-refractivity contribution >= 4 is 39.8 Å². The summed E-state index contributed by atoms with van der Waals surface area (Å²) < 4.78 is 1.45. The molecule has 1 unspecified atom stereocenters. The first kappa shape index (κ1) is 18.7. The second-order valence-electron chi connectivity index (χ2n) is 7.26. The van der Waals surface area contributed by atoms with E-state index in [-0.39, 0.29) is 23.1 Å². The van der Waals surface area contributed by atoms with Crippen molar-refractivity contribution in [2.24, 2.45) is 4.99 Å². The van der Waals surface area contributed by atoms with Crippen molar-refractivity contribution < 1.29 is 14.4 Å². The molecule has 1 aliphatic carbocycles. The van der Waals surface area contributed by atoms with Crippen LogP contribution in [0.3, 0.4) is 0 Å². The molecule has 4 aromatic rings. The second kappa shape index (κ2) is 7.21. The highest BCUT2D eigenvalue weighted by Gasteiger charge is 2.41. The van der Waals surface area contributed by atoms with Crippen LogP contribution in [0.2, 0.25) is 0 Å². The zero-order chi connectivity index (χ0) is 21.5. The zero-order valence-corrected chi connectivity index (χ0v) is 16.5. The van der Waals surface area contributed by atoms with Gasteiger partial charge in [0.15, 0.2) is 17.6 Å². The number of hydrogen-bond acceptors (Lipinski definition) is 6. The van der Waals surface area contributed by atoms with Crippen LogP contribution >= 0.6 is 0 Å². The number of hydrogen-bond donors (Lipinski definition) is 0. The molecule has 0 aliphatic heterocycles. The van der Waals surface area contributed by atoms with Crippen LogP contribution in [0.25, 0.3) is 11.0 Å². The Balaban J connectivity index is 1.72. The molecule has 1 atom stereocenters. The van der Waals surface area contributed by atoms with Crippen LogP contribution in [0, 0.1) is 0 Å². The topological polar surface area (TPSA) is 94.3 Å². The summed E-state index contributed by atoms with van der Waals surface area (Å²) in [5, 5.41) is 8.31. The molecule has 0 bridgehead atoms. The van der Waals surface area contributed by atoms with Crippen LogP contribution in [-0.2, 0) is 0 Å². The first-order valence-electron chi connectivity index (χ1n) is 9.72. The molecular weight excluding hydrogens is 392 g/mol. The number of rotatable bonds is 3. The van der Waals surface area contributed by atoms with Crippen LogP contribution < -0.4 is 0 Å². The molecule has 0 amide bonds. The van der Waals surface area contributed by atoms with E-state index in [1.54, 1.807) is 60.7 Å². The Kier molecular flexibility index (Phi) is 4.36. The van der Waals surface area contributed by atoms with Gasteiger partial charge in [-0.1, -0.05) is 41.6 Å². The molecule has 1 aromatic heterocycles. The molecule has 7 heteroatoms. The van der Waals surface area contributed by atoms with E-state index in [1.165, 1.54) is 11.6 Å². The molecule has 1 aliphatic rings. The van der Waals surface area contributed by atoms with E-state index in [4.69, 9.17) is 0 Å². The summed E-state index contributed by atoms with van der Waals surface area (Å²) in [6.07, 6.45) is 0. The molecule has 0 N–H and O–H groups in total. The van der Waals surface area contributed by atoms with Crippen molar-refractivity contribution in [3.63, 3.8) is 0 Å². The highest BCUT2D eigenvalue weighted by Crippen LogP contribution is 2.31. The maximum absolute atomic E-state index is 13.5. The molecule has 0 radical (unpaired) electrons. The monoisotopic (exact) mass is 408 g/mol. The van der Waals surface area contributed by atoms with Gasteiger partial charge in [-0.25, -0.2) is 9.67 Å². The molecule has 5 rings (SSSR count). The SMILES string of the molecule is CC(=O)c1ccc(N=C2C(=O)c3ccccc3C(=O)C2n2nnc3ccccc32)cc1. The van der Waals surface area contributed by atoms with Gasteiger partial charge in [0.2, 0.25) is 5.78 Å². The van der Waals surface area contributed by atoms with Gasteiger partial charge in [-0.2, -0.15) is 0 Å². The number of benzene rings is 3. The van der Waals surface area contributed by atoms with E-state index in [1.807, 2.05) is 12.1 Å². The Labute approximate surface area is 177 Å². The minimum Gasteiger partial charge on any atom is -0.295 e. The van der Waals surface area contributed by atoms with Crippen LogP contribution in [0.1, 0.15) is 44.0 Å². The molecule has 0 spiro atoms. The quantitative estimate of drug-likeness (QED) is 0.477. The van der Waals surface area contributed by atoms with E-state index in [0.29, 0.717) is 33.4 Å². The summed E-state index contributed by atoms with van der Waals surface area (Å²) in [6.45, 7) is 1.48. The van der Waals surface area contributed by atoms with E-state index in [2.05, 4.69) is 15.3 Å².